The minimum absolute atomic E-state index is 0.464. The average Bonchev–Trinajstić information content (AvgIpc) is 3.15. The van der Waals surface area contributed by atoms with Crippen molar-refractivity contribution < 1.29 is 4.74 Å². The minimum atomic E-state index is 0.464. The molecule has 5 heteroatoms. The lowest BCUT2D eigenvalue weighted by Crippen LogP contribution is -2.38. The molecule has 0 saturated heterocycles. The zero-order valence-corrected chi connectivity index (χ0v) is 13.0. The van der Waals surface area contributed by atoms with Crippen LogP contribution in [0.1, 0.15) is 19.8 Å². The van der Waals surface area contributed by atoms with Gasteiger partial charge in [-0.15, -0.1) is 0 Å². The number of methoxy groups -OCH3 is 1. The van der Waals surface area contributed by atoms with Gasteiger partial charge in [-0.25, -0.2) is 4.98 Å². The van der Waals surface area contributed by atoms with E-state index in [0.29, 0.717) is 17.7 Å². The number of pyridine rings is 1. The van der Waals surface area contributed by atoms with Crippen molar-refractivity contribution in [3.8, 4) is 0 Å². The Morgan fingerprint density at radius 3 is 2.89 bits per heavy atom. The fourth-order valence-electron chi connectivity index (χ4n) is 2.14. The summed E-state index contributed by atoms with van der Waals surface area (Å²) in [7, 11) is 1.72. The molecule has 0 aromatic carbocycles. The maximum absolute atomic E-state index is 6.30. The van der Waals surface area contributed by atoms with Crippen LogP contribution in [0.3, 0.4) is 0 Å². The van der Waals surface area contributed by atoms with Crippen LogP contribution >= 0.6 is 27.5 Å². The number of ether oxygens (including phenoxy) is 1. The minimum Gasteiger partial charge on any atom is -0.383 e. The SMILES string of the molecule is COCCN(c1ncc(Br)cc1Cl)C(C)C1CC1. The molecule has 1 aliphatic rings. The Hall–Kier alpha value is -0.320. The largest absolute Gasteiger partial charge is 0.383 e. The van der Waals surface area contributed by atoms with Crippen LogP contribution in [0.5, 0.6) is 0 Å². The van der Waals surface area contributed by atoms with Crippen LogP contribution in [-0.4, -0.2) is 31.3 Å². The molecule has 1 heterocycles. The molecule has 1 aliphatic carbocycles. The number of rotatable bonds is 6. The second kappa shape index (κ2) is 6.22. The average molecular weight is 334 g/mol. The Balaban J connectivity index is 2.20. The molecule has 1 aromatic heterocycles. The molecule has 0 radical (unpaired) electrons. The summed E-state index contributed by atoms with van der Waals surface area (Å²) in [6.45, 7) is 3.75. The van der Waals surface area contributed by atoms with E-state index in [0.717, 1.165) is 22.8 Å². The van der Waals surface area contributed by atoms with E-state index in [-0.39, 0.29) is 0 Å². The van der Waals surface area contributed by atoms with Crippen LogP contribution in [0.15, 0.2) is 16.7 Å². The van der Waals surface area contributed by atoms with Gasteiger partial charge in [0.05, 0.1) is 11.6 Å². The van der Waals surface area contributed by atoms with E-state index >= 15 is 0 Å². The number of nitrogens with zero attached hydrogens (tertiary/aromatic N) is 2. The predicted molar refractivity (Wildman–Crippen MR) is 78.4 cm³/mol. The molecule has 100 valence electrons. The Bertz CT molecular complexity index is 412. The zero-order valence-electron chi connectivity index (χ0n) is 10.7. The normalized spacial score (nSPS) is 16.7. The maximum atomic E-state index is 6.30. The highest BCUT2D eigenvalue weighted by atomic mass is 79.9. The summed E-state index contributed by atoms with van der Waals surface area (Å²) in [5.74, 6) is 1.62. The van der Waals surface area contributed by atoms with E-state index in [2.05, 4.69) is 32.7 Å². The lowest BCUT2D eigenvalue weighted by molar-refractivity contribution is 0.202. The van der Waals surface area contributed by atoms with Crippen molar-refractivity contribution in [2.45, 2.75) is 25.8 Å². The first-order valence-electron chi connectivity index (χ1n) is 6.20. The van der Waals surface area contributed by atoms with E-state index < -0.39 is 0 Å². The molecule has 1 aromatic rings. The van der Waals surface area contributed by atoms with E-state index in [4.69, 9.17) is 16.3 Å². The number of hydrogen-bond acceptors (Lipinski definition) is 3. The van der Waals surface area contributed by atoms with Crippen molar-refractivity contribution in [2.24, 2.45) is 5.92 Å². The molecular formula is C13H18BrClN2O. The summed E-state index contributed by atoms with van der Waals surface area (Å²) in [4.78, 5) is 6.71. The van der Waals surface area contributed by atoms with Gasteiger partial charge in [0.1, 0.15) is 5.82 Å². The summed E-state index contributed by atoms with van der Waals surface area (Å²) in [6, 6.07) is 2.36. The highest BCUT2D eigenvalue weighted by Gasteiger charge is 2.33. The Morgan fingerprint density at radius 2 is 2.33 bits per heavy atom. The third kappa shape index (κ3) is 3.37. The van der Waals surface area contributed by atoms with Crippen molar-refractivity contribution in [1.29, 1.82) is 0 Å². The van der Waals surface area contributed by atoms with Crippen LogP contribution in [-0.2, 0) is 4.74 Å². The first-order chi connectivity index (χ1) is 8.63. The highest BCUT2D eigenvalue weighted by molar-refractivity contribution is 9.10. The molecule has 0 amide bonds. The fourth-order valence-corrected chi connectivity index (χ4v) is 2.88. The molecule has 0 aliphatic heterocycles. The standard InChI is InChI=1S/C13H18BrClN2O/c1-9(10-3-4-10)17(5-6-18-2)13-12(15)7-11(14)8-16-13/h7-10H,3-6H2,1-2H3. The van der Waals surface area contributed by atoms with Crippen molar-refractivity contribution in [3.05, 3.63) is 21.8 Å². The van der Waals surface area contributed by atoms with Gasteiger partial charge < -0.3 is 9.64 Å². The Labute approximate surface area is 122 Å². The number of hydrogen-bond donors (Lipinski definition) is 0. The monoisotopic (exact) mass is 332 g/mol. The summed E-state index contributed by atoms with van der Waals surface area (Å²) in [6.07, 6.45) is 4.40. The van der Waals surface area contributed by atoms with Crippen LogP contribution in [0.25, 0.3) is 0 Å². The van der Waals surface area contributed by atoms with Crippen molar-refractivity contribution >= 4 is 33.3 Å². The fraction of sp³-hybridized carbons (Fsp3) is 0.615. The second-order valence-corrected chi connectivity index (χ2v) is 6.05. The first kappa shape index (κ1) is 14.1. The summed E-state index contributed by atoms with van der Waals surface area (Å²) in [5.41, 5.74) is 0. The van der Waals surface area contributed by atoms with Crippen LogP contribution in [0.2, 0.25) is 5.02 Å². The molecule has 18 heavy (non-hydrogen) atoms. The Kier molecular flexibility index (Phi) is 4.87. The third-order valence-corrected chi connectivity index (χ3v) is 4.10. The molecule has 1 saturated carbocycles. The van der Waals surface area contributed by atoms with Gasteiger partial charge >= 0.3 is 0 Å². The Morgan fingerprint density at radius 1 is 1.61 bits per heavy atom. The summed E-state index contributed by atoms with van der Waals surface area (Å²) >= 11 is 9.68. The quantitative estimate of drug-likeness (QED) is 0.793. The lowest BCUT2D eigenvalue weighted by atomic mass is 10.2. The smallest absolute Gasteiger partial charge is 0.147 e. The molecule has 0 N–H and O–H groups in total. The van der Waals surface area contributed by atoms with Gasteiger partial charge in [0, 0.05) is 30.4 Å². The lowest BCUT2D eigenvalue weighted by Gasteiger charge is -2.31. The highest BCUT2D eigenvalue weighted by Crippen LogP contribution is 2.38. The van der Waals surface area contributed by atoms with Gasteiger partial charge in [-0.2, -0.15) is 0 Å². The van der Waals surface area contributed by atoms with Gasteiger partial charge in [0.2, 0.25) is 0 Å². The van der Waals surface area contributed by atoms with Crippen LogP contribution in [0.4, 0.5) is 5.82 Å². The topological polar surface area (TPSA) is 25.4 Å². The molecule has 2 rings (SSSR count). The number of halogens is 2. The molecular weight excluding hydrogens is 316 g/mol. The molecule has 1 fully saturated rings. The van der Waals surface area contributed by atoms with Crippen molar-refractivity contribution in [3.63, 3.8) is 0 Å². The second-order valence-electron chi connectivity index (χ2n) is 4.72. The molecule has 0 spiro atoms. The molecule has 1 unspecified atom stereocenters. The summed E-state index contributed by atoms with van der Waals surface area (Å²) in [5, 5.41) is 0.688. The van der Waals surface area contributed by atoms with Crippen molar-refractivity contribution in [1.82, 2.24) is 4.98 Å². The molecule has 0 bridgehead atoms. The van der Waals surface area contributed by atoms with E-state index in [1.807, 2.05) is 6.07 Å². The molecule has 3 nitrogen and oxygen atoms in total. The maximum Gasteiger partial charge on any atom is 0.147 e. The van der Waals surface area contributed by atoms with Crippen molar-refractivity contribution in [2.75, 3.05) is 25.2 Å². The third-order valence-electron chi connectivity index (χ3n) is 3.39. The van der Waals surface area contributed by atoms with Crippen LogP contribution < -0.4 is 4.90 Å². The van der Waals surface area contributed by atoms with E-state index in [1.54, 1.807) is 13.3 Å². The molecule has 1 atom stereocenters. The van der Waals surface area contributed by atoms with Gasteiger partial charge in [0.15, 0.2) is 0 Å². The number of aromatic nitrogens is 1. The van der Waals surface area contributed by atoms with Crippen LogP contribution in [0, 0.1) is 5.92 Å². The van der Waals surface area contributed by atoms with Gasteiger partial charge in [0.25, 0.3) is 0 Å². The number of anilines is 1. The van der Waals surface area contributed by atoms with E-state index in [1.165, 1.54) is 12.8 Å². The zero-order chi connectivity index (χ0) is 13.1. The predicted octanol–water partition coefficient (Wildman–Crippen LogP) is 3.75. The van der Waals surface area contributed by atoms with Gasteiger partial charge in [-0.1, -0.05) is 11.6 Å². The first-order valence-corrected chi connectivity index (χ1v) is 7.37. The summed E-state index contributed by atoms with van der Waals surface area (Å²) < 4.78 is 6.09. The van der Waals surface area contributed by atoms with Gasteiger partial charge in [-0.05, 0) is 47.7 Å². The van der Waals surface area contributed by atoms with E-state index in [9.17, 15) is 0 Å². The van der Waals surface area contributed by atoms with Gasteiger partial charge in [-0.3, -0.25) is 0 Å².